The van der Waals surface area contributed by atoms with Gasteiger partial charge in [0.25, 0.3) is 0 Å². The molecule has 1 nitrogen and oxygen atoms in total. The molecule has 0 amide bonds. The zero-order valence-electron chi connectivity index (χ0n) is 9.15. The van der Waals surface area contributed by atoms with Crippen LogP contribution in [0.25, 0.3) is 0 Å². The molecule has 0 saturated heterocycles. The third kappa shape index (κ3) is 5.87. The number of nitrogens with one attached hydrogen (secondary N) is 1. The first-order chi connectivity index (χ1) is 7.43. The van der Waals surface area contributed by atoms with Gasteiger partial charge < -0.3 is 5.32 Å². The highest BCUT2D eigenvalue weighted by Gasteiger charge is 1.89. The first-order valence-electron chi connectivity index (χ1n) is 5.45. The third-order valence-electron chi connectivity index (χ3n) is 2.17. The SMILES string of the molecule is C=C/C=C/CCCNCc1ccccc1. The van der Waals surface area contributed by atoms with Crippen LogP contribution in [0.3, 0.4) is 0 Å². The molecule has 0 fully saturated rings. The molecule has 0 aliphatic heterocycles. The predicted molar refractivity (Wildman–Crippen MR) is 66.7 cm³/mol. The molecular formula is C14H19N. The van der Waals surface area contributed by atoms with Gasteiger partial charge in [-0.05, 0) is 24.9 Å². The molecule has 0 heterocycles. The lowest BCUT2D eigenvalue weighted by atomic mass is 10.2. The van der Waals surface area contributed by atoms with Gasteiger partial charge in [-0.15, -0.1) is 0 Å². The van der Waals surface area contributed by atoms with E-state index in [0.717, 1.165) is 19.5 Å². The average Bonchev–Trinajstić information content (AvgIpc) is 2.29. The van der Waals surface area contributed by atoms with E-state index in [1.165, 1.54) is 12.0 Å². The molecule has 80 valence electrons. The summed E-state index contributed by atoms with van der Waals surface area (Å²) in [6.45, 7) is 5.66. The fraction of sp³-hybridized carbons (Fsp3) is 0.286. The van der Waals surface area contributed by atoms with Gasteiger partial charge in [-0.2, -0.15) is 0 Å². The summed E-state index contributed by atoms with van der Waals surface area (Å²) in [5.41, 5.74) is 1.35. The van der Waals surface area contributed by atoms with Gasteiger partial charge in [0.2, 0.25) is 0 Å². The normalized spacial score (nSPS) is 10.7. The fourth-order valence-corrected chi connectivity index (χ4v) is 1.37. The van der Waals surface area contributed by atoms with Crippen molar-refractivity contribution >= 4 is 0 Å². The molecule has 1 heteroatoms. The number of hydrogen-bond acceptors (Lipinski definition) is 1. The number of rotatable bonds is 7. The monoisotopic (exact) mass is 201 g/mol. The smallest absolute Gasteiger partial charge is 0.0205 e. The number of hydrogen-bond donors (Lipinski definition) is 1. The summed E-state index contributed by atoms with van der Waals surface area (Å²) in [6.07, 6.45) is 8.26. The van der Waals surface area contributed by atoms with Gasteiger partial charge in [0.15, 0.2) is 0 Å². The van der Waals surface area contributed by atoms with Crippen LogP contribution >= 0.6 is 0 Å². The highest BCUT2D eigenvalue weighted by Crippen LogP contribution is 1.97. The Labute approximate surface area is 92.5 Å². The van der Waals surface area contributed by atoms with Crippen molar-refractivity contribution in [3.8, 4) is 0 Å². The minimum absolute atomic E-state index is 0.964. The zero-order chi connectivity index (χ0) is 10.8. The van der Waals surface area contributed by atoms with Crippen LogP contribution in [0.2, 0.25) is 0 Å². The number of allylic oxidation sites excluding steroid dienone is 3. The summed E-state index contributed by atoms with van der Waals surface area (Å²) in [4.78, 5) is 0. The molecule has 0 unspecified atom stereocenters. The van der Waals surface area contributed by atoms with Crippen molar-refractivity contribution in [2.75, 3.05) is 6.54 Å². The maximum Gasteiger partial charge on any atom is 0.0205 e. The van der Waals surface area contributed by atoms with Gasteiger partial charge >= 0.3 is 0 Å². The fourth-order valence-electron chi connectivity index (χ4n) is 1.37. The Balaban J connectivity index is 2.02. The Kier molecular flexibility index (Phi) is 6.26. The molecule has 1 aromatic rings. The van der Waals surface area contributed by atoms with Crippen molar-refractivity contribution in [2.24, 2.45) is 0 Å². The number of benzene rings is 1. The van der Waals surface area contributed by atoms with E-state index in [9.17, 15) is 0 Å². The molecule has 0 radical (unpaired) electrons. The zero-order valence-corrected chi connectivity index (χ0v) is 9.15. The standard InChI is InChI=1S/C14H19N/c1-2-3-4-5-9-12-15-13-14-10-7-6-8-11-14/h2-4,6-8,10-11,15H,1,5,9,12-13H2/b4-3+. The van der Waals surface area contributed by atoms with E-state index in [4.69, 9.17) is 0 Å². The summed E-state index contributed by atoms with van der Waals surface area (Å²) in [5.74, 6) is 0. The largest absolute Gasteiger partial charge is 0.313 e. The van der Waals surface area contributed by atoms with Crippen molar-refractivity contribution in [1.82, 2.24) is 5.32 Å². The van der Waals surface area contributed by atoms with E-state index < -0.39 is 0 Å². The maximum absolute atomic E-state index is 3.63. The van der Waals surface area contributed by atoms with Gasteiger partial charge in [-0.3, -0.25) is 0 Å². The first kappa shape index (κ1) is 11.7. The number of unbranched alkanes of at least 4 members (excludes halogenated alkanes) is 1. The van der Waals surface area contributed by atoms with E-state index >= 15 is 0 Å². The topological polar surface area (TPSA) is 12.0 Å². The second-order valence-electron chi connectivity index (χ2n) is 3.47. The van der Waals surface area contributed by atoms with E-state index in [2.05, 4.69) is 42.2 Å². The van der Waals surface area contributed by atoms with E-state index in [1.54, 1.807) is 0 Å². The van der Waals surface area contributed by atoms with Crippen LogP contribution in [-0.4, -0.2) is 6.54 Å². The average molecular weight is 201 g/mol. The van der Waals surface area contributed by atoms with Crippen LogP contribution in [0, 0.1) is 0 Å². The van der Waals surface area contributed by atoms with Crippen molar-refractivity contribution in [3.05, 3.63) is 60.7 Å². The summed E-state index contributed by atoms with van der Waals surface area (Å²) in [6, 6.07) is 10.5. The van der Waals surface area contributed by atoms with Gasteiger partial charge in [-0.25, -0.2) is 0 Å². The van der Waals surface area contributed by atoms with Crippen LogP contribution in [-0.2, 0) is 6.54 Å². The van der Waals surface area contributed by atoms with E-state index in [1.807, 2.05) is 18.2 Å². The summed E-state index contributed by atoms with van der Waals surface area (Å²) in [7, 11) is 0. The summed E-state index contributed by atoms with van der Waals surface area (Å²) in [5, 5.41) is 3.42. The molecule has 0 spiro atoms. The Morgan fingerprint density at radius 2 is 2.00 bits per heavy atom. The first-order valence-corrected chi connectivity index (χ1v) is 5.45. The van der Waals surface area contributed by atoms with Crippen LogP contribution < -0.4 is 5.32 Å². The van der Waals surface area contributed by atoms with Gasteiger partial charge in [0, 0.05) is 6.54 Å². The van der Waals surface area contributed by atoms with Crippen molar-refractivity contribution in [1.29, 1.82) is 0 Å². The molecule has 1 rings (SSSR count). The Morgan fingerprint density at radius 1 is 1.20 bits per heavy atom. The lowest BCUT2D eigenvalue weighted by Crippen LogP contribution is -2.14. The highest BCUT2D eigenvalue weighted by atomic mass is 14.8. The van der Waals surface area contributed by atoms with Crippen LogP contribution in [0.5, 0.6) is 0 Å². The quantitative estimate of drug-likeness (QED) is 0.527. The molecule has 0 atom stereocenters. The van der Waals surface area contributed by atoms with E-state index in [-0.39, 0.29) is 0 Å². The minimum Gasteiger partial charge on any atom is -0.313 e. The Bertz CT molecular complexity index is 287. The van der Waals surface area contributed by atoms with Crippen molar-refractivity contribution in [3.63, 3.8) is 0 Å². The maximum atomic E-state index is 3.63. The molecule has 0 aliphatic rings. The van der Waals surface area contributed by atoms with Crippen LogP contribution in [0.1, 0.15) is 18.4 Å². The van der Waals surface area contributed by atoms with Crippen molar-refractivity contribution in [2.45, 2.75) is 19.4 Å². The molecular weight excluding hydrogens is 182 g/mol. The highest BCUT2D eigenvalue weighted by molar-refractivity contribution is 5.14. The molecule has 15 heavy (non-hydrogen) atoms. The van der Waals surface area contributed by atoms with E-state index in [0.29, 0.717) is 0 Å². The minimum atomic E-state index is 0.964. The lowest BCUT2D eigenvalue weighted by Gasteiger charge is -2.03. The molecule has 0 aromatic heterocycles. The third-order valence-corrected chi connectivity index (χ3v) is 2.17. The molecule has 0 aliphatic carbocycles. The molecule has 1 N–H and O–H groups in total. The van der Waals surface area contributed by atoms with Crippen LogP contribution in [0.15, 0.2) is 55.1 Å². The second-order valence-corrected chi connectivity index (χ2v) is 3.47. The Morgan fingerprint density at radius 3 is 2.73 bits per heavy atom. The lowest BCUT2D eigenvalue weighted by molar-refractivity contribution is 0.655. The summed E-state index contributed by atoms with van der Waals surface area (Å²) < 4.78 is 0. The molecule has 0 bridgehead atoms. The van der Waals surface area contributed by atoms with Crippen molar-refractivity contribution < 1.29 is 0 Å². The Hall–Kier alpha value is -1.34. The predicted octanol–water partition coefficient (Wildman–Crippen LogP) is 3.30. The van der Waals surface area contributed by atoms with Gasteiger partial charge in [0.1, 0.15) is 0 Å². The van der Waals surface area contributed by atoms with Gasteiger partial charge in [0.05, 0.1) is 0 Å². The van der Waals surface area contributed by atoms with Gasteiger partial charge in [-0.1, -0.05) is 55.1 Å². The van der Waals surface area contributed by atoms with Crippen LogP contribution in [0.4, 0.5) is 0 Å². The molecule has 1 aromatic carbocycles. The summed E-state index contributed by atoms with van der Waals surface area (Å²) >= 11 is 0. The molecule has 0 saturated carbocycles. The second kappa shape index (κ2) is 8.01.